The molecule has 0 aromatic heterocycles. The summed E-state index contributed by atoms with van der Waals surface area (Å²) >= 11 is 0. The first-order valence-electron chi connectivity index (χ1n) is 18.0. The van der Waals surface area contributed by atoms with E-state index >= 15 is 0 Å². The summed E-state index contributed by atoms with van der Waals surface area (Å²) in [7, 11) is 0. The van der Waals surface area contributed by atoms with E-state index in [1.807, 2.05) is 12.1 Å². The highest BCUT2D eigenvalue weighted by molar-refractivity contribution is 5.90. The van der Waals surface area contributed by atoms with Gasteiger partial charge in [0.25, 0.3) is 0 Å². The Balaban J connectivity index is 1.13. The van der Waals surface area contributed by atoms with Gasteiger partial charge in [0.05, 0.1) is 11.1 Å². The van der Waals surface area contributed by atoms with Crippen molar-refractivity contribution in [3.63, 3.8) is 0 Å². The molecule has 0 spiro atoms. The lowest BCUT2D eigenvalue weighted by Crippen LogP contribution is -2.33. The van der Waals surface area contributed by atoms with Crippen molar-refractivity contribution in [2.75, 3.05) is 13.2 Å². The van der Waals surface area contributed by atoms with Gasteiger partial charge in [-0.25, -0.2) is 18.4 Å². The highest BCUT2D eigenvalue weighted by atomic mass is 19.1. The average Bonchev–Trinajstić information content (AvgIpc) is 3.43. The Morgan fingerprint density at radius 2 is 1.00 bits per heavy atom. The fourth-order valence-corrected chi connectivity index (χ4v) is 6.30. The Kier molecular flexibility index (Phi) is 13.1. The third-order valence-electron chi connectivity index (χ3n) is 9.11. The van der Waals surface area contributed by atoms with Crippen LogP contribution in [0.4, 0.5) is 8.78 Å². The second kappa shape index (κ2) is 17.7. The Bertz CT molecular complexity index is 1640. The molecule has 4 aromatic carbocycles. The number of rotatable bonds is 16. The highest BCUT2D eigenvalue weighted by Gasteiger charge is 2.42. The van der Waals surface area contributed by atoms with Gasteiger partial charge in [0.15, 0.2) is 5.79 Å². The van der Waals surface area contributed by atoms with Crippen molar-refractivity contribution in [3.05, 3.63) is 119 Å². The summed E-state index contributed by atoms with van der Waals surface area (Å²) in [6.07, 6.45) is 6.83. The number of carbonyl (C=O) groups is 2. The van der Waals surface area contributed by atoms with Crippen molar-refractivity contribution in [3.8, 4) is 22.3 Å². The molecule has 0 saturated carbocycles. The first-order chi connectivity index (χ1) is 24.6. The normalized spacial score (nSPS) is 16.6. The molecule has 51 heavy (non-hydrogen) atoms. The number of carbonyl (C=O) groups excluding carboxylic acids is 2. The molecule has 8 heteroatoms. The molecule has 1 aliphatic heterocycles. The van der Waals surface area contributed by atoms with E-state index in [2.05, 4.69) is 13.8 Å². The molecule has 270 valence electrons. The number of esters is 2. The van der Waals surface area contributed by atoms with Crippen molar-refractivity contribution >= 4 is 11.9 Å². The standard InChI is InChI=1S/C43H48F2O6/c1-5-7-9-11-29-13-23-35(37(44)25-29)31-15-19-33(20-16-31)41(46)48-27-39-40(51-43(3,4)50-39)28-49-42(47)34-21-17-32(18-22-34)36-24-14-30(26-38(36)45)12-10-8-6-2/h13-26,39-40H,5-12,27-28H2,1-4H3/t39-,40-/m1/s1. The van der Waals surface area contributed by atoms with Crippen LogP contribution in [0.3, 0.4) is 0 Å². The van der Waals surface area contributed by atoms with Crippen molar-refractivity contribution in [1.29, 1.82) is 0 Å². The van der Waals surface area contributed by atoms with Gasteiger partial charge in [0.2, 0.25) is 0 Å². The fraction of sp³-hybridized carbons (Fsp3) is 0.395. The van der Waals surface area contributed by atoms with Gasteiger partial charge in [0.1, 0.15) is 37.1 Å². The monoisotopic (exact) mass is 698 g/mol. The minimum atomic E-state index is -0.983. The van der Waals surface area contributed by atoms with Crippen LogP contribution < -0.4 is 0 Å². The second-order valence-corrected chi connectivity index (χ2v) is 13.6. The number of hydrogen-bond acceptors (Lipinski definition) is 6. The van der Waals surface area contributed by atoms with Crippen LogP contribution in [0.5, 0.6) is 0 Å². The Morgan fingerprint density at radius 3 is 1.35 bits per heavy atom. The molecule has 5 rings (SSSR count). The van der Waals surface area contributed by atoms with Crippen molar-refractivity contribution < 1.29 is 37.3 Å². The molecule has 0 aliphatic carbocycles. The van der Waals surface area contributed by atoms with Gasteiger partial charge >= 0.3 is 11.9 Å². The first-order valence-corrected chi connectivity index (χ1v) is 18.0. The minimum absolute atomic E-state index is 0.127. The maximum atomic E-state index is 14.9. The lowest BCUT2D eigenvalue weighted by atomic mass is 9.99. The third-order valence-corrected chi connectivity index (χ3v) is 9.11. The van der Waals surface area contributed by atoms with Crippen LogP contribution >= 0.6 is 0 Å². The van der Waals surface area contributed by atoms with Crippen molar-refractivity contribution in [2.24, 2.45) is 0 Å². The van der Waals surface area contributed by atoms with Crippen LogP contribution in [0, 0.1) is 11.6 Å². The van der Waals surface area contributed by atoms with Gasteiger partial charge in [-0.05, 0) is 98.2 Å². The van der Waals surface area contributed by atoms with Gasteiger partial charge in [-0.3, -0.25) is 0 Å². The number of halogens is 2. The zero-order valence-corrected chi connectivity index (χ0v) is 30.0. The first kappa shape index (κ1) is 37.8. The summed E-state index contributed by atoms with van der Waals surface area (Å²) in [5.74, 6) is -2.71. The van der Waals surface area contributed by atoms with Crippen LogP contribution in [-0.2, 0) is 31.8 Å². The summed E-state index contributed by atoms with van der Waals surface area (Å²) in [5.41, 5.74) is 4.82. The van der Waals surface area contributed by atoms with E-state index in [9.17, 15) is 18.4 Å². The predicted molar refractivity (Wildman–Crippen MR) is 195 cm³/mol. The molecular weight excluding hydrogens is 650 g/mol. The number of ether oxygens (including phenoxy) is 4. The molecule has 2 atom stereocenters. The van der Waals surface area contributed by atoms with Crippen LogP contribution in [0.1, 0.15) is 98.1 Å². The Hall–Kier alpha value is -4.40. The lowest BCUT2D eigenvalue weighted by Gasteiger charge is -2.17. The quantitative estimate of drug-likeness (QED) is 0.0857. The van der Waals surface area contributed by atoms with Crippen molar-refractivity contribution in [1.82, 2.24) is 0 Å². The second-order valence-electron chi connectivity index (χ2n) is 13.6. The molecular formula is C43H48F2O6. The third kappa shape index (κ3) is 10.3. The summed E-state index contributed by atoms with van der Waals surface area (Å²) < 4.78 is 52.8. The Morgan fingerprint density at radius 1 is 0.608 bits per heavy atom. The maximum Gasteiger partial charge on any atom is 0.338 e. The van der Waals surface area contributed by atoms with E-state index in [1.165, 1.54) is 0 Å². The van der Waals surface area contributed by atoms with E-state index in [4.69, 9.17) is 18.9 Å². The van der Waals surface area contributed by atoms with E-state index in [1.54, 1.807) is 86.6 Å². The smallest absolute Gasteiger partial charge is 0.338 e. The van der Waals surface area contributed by atoms with Crippen LogP contribution in [-0.4, -0.2) is 43.1 Å². The molecule has 6 nitrogen and oxygen atoms in total. The average molecular weight is 699 g/mol. The molecule has 0 radical (unpaired) electrons. The zero-order chi connectivity index (χ0) is 36.4. The van der Waals surface area contributed by atoms with E-state index in [-0.39, 0.29) is 24.8 Å². The summed E-state index contributed by atoms with van der Waals surface area (Å²) in [6, 6.07) is 23.8. The molecule has 1 saturated heterocycles. The summed E-state index contributed by atoms with van der Waals surface area (Å²) in [6.45, 7) is 7.49. The number of unbranched alkanes of at least 4 members (excludes halogenated alkanes) is 4. The van der Waals surface area contributed by atoms with Gasteiger partial charge in [-0.1, -0.05) is 88.1 Å². The van der Waals surface area contributed by atoms with Gasteiger partial charge in [0, 0.05) is 11.1 Å². The zero-order valence-electron chi connectivity index (χ0n) is 30.0. The van der Waals surface area contributed by atoms with Gasteiger partial charge in [-0.15, -0.1) is 0 Å². The van der Waals surface area contributed by atoms with Crippen molar-refractivity contribution in [2.45, 2.75) is 97.1 Å². The highest BCUT2D eigenvalue weighted by Crippen LogP contribution is 2.30. The van der Waals surface area contributed by atoms with Crippen LogP contribution in [0.15, 0.2) is 84.9 Å². The predicted octanol–water partition coefficient (Wildman–Crippen LogP) is 10.3. The van der Waals surface area contributed by atoms with E-state index < -0.39 is 29.9 Å². The molecule has 1 fully saturated rings. The Labute approximate surface area is 300 Å². The van der Waals surface area contributed by atoms with Gasteiger partial charge in [-0.2, -0.15) is 0 Å². The largest absolute Gasteiger partial charge is 0.459 e. The number of benzene rings is 4. The van der Waals surface area contributed by atoms with E-state index in [0.717, 1.165) is 62.5 Å². The molecule has 0 unspecified atom stereocenters. The molecule has 1 aliphatic rings. The number of hydrogen-bond donors (Lipinski definition) is 0. The fourth-order valence-electron chi connectivity index (χ4n) is 6.30. The topological polar surface area (TPSA) is 71.1 Å². The lowest BCUT2D eigenvalue weighted by molar-refractivity contribution is -0.151. The van der Waals surface area contributed by atoms with E-state index in [0.29, 0.717) is 33.4 Å². The van der Waals surface area contributed by atoms with Gasteiger partial charge < -0.3 is 18.9 Å². The number of aryl methyl sites for hydroxylation is 2. The van der Waals surface area contributed by atoms with Crippen LogP contribution in [0.2, 0.25) is 0 Å². The molecule has 0 bridgehead atoms. The summed E-state index contributed by atoms with van der Waals surface area (Å²) in [4.78, 5) is 25.8. The minimum Gasteiger partial charge on any atom is -0.459 e. The molecule has 1 heterocycles. The molecule has 4 aromatic rings. The SMILES string of the molecule is CCCCCc1ccc(-c2ccc(C(=O)OC[C@H]3OC(C)(C)O[C@@H]3COC(=O)c3ccc(-c4ccc(CCCCC)cc4F)cc3)cc2)c(F)c1. The maximum absolute atomic E-state index is 14.9. The summed E-state index contributed by atoms with van der Waals surface area (Å²) in [5, 5.41) is 0. The molecule has 0 N–H and O–H groups in total. The van der Waals surface area contributed by atoms with Crippen LogP contribution in [0.25, 0.3) is 22.3 Å². The molecule has 0 amide bonds.